The van der Waals surface area contributed by atoms with Gasteiger partial charge in [0.1, 0.15) is 36.3 Å². The van der Waals surface area contributed by atoms with Gasteiger partial charge in [-0.2, -0.15) is 23.5 Å². The number of carboxylic acid groups (broad SMARTS) is 1. The lowest BCUT2D eigenvalue weighted by Gasteiger charge is -2.28. The molecule has 23 heteroatoms. The van der Waals surface area contributed by atoms with Gasteiger partial charge >= 0.3 is 0 Å². The molecular weight excluding hydrogens is 835 g/mol. The Morgan fingerprint density at radius 2 is 1.08 bits per heavy atom. The molecule has 1 saturated heterocycles. The number of amides is 7. The van der Waals surface area contributed by atoms with E-state index in [4.69, 9.17) is 27.1 Å². The predicted molar refractivity (Wildman–Crippen MR) is 237 cm³/mol. The van der Waals surface area contributed by atoms with Gasteiger partial charge in [-0.1, -0.05) is 27.7 Å². The second-order valence-corrected chi connectivity index (χ2v) is 17.4. The summed E-state index contributed by atoms with van der Waals surface area (Å²) in [4.78, 5) is 106. The number of nitrogens with two attached hydrogens (primary N) is 3. The third-order valence-electron chi connectivity index (χ3n) is 8.97. The molecule has 1 rings (SSSR count). The third kappa shape index (κ3) is 25.2. The first-order chi connectivity index (χ1) is 28.7. The molecule has 15 N–H and O–H groups in total. The number of guanidine groups is 1. The first kappa shape index (κ1) is 56.6. The van der Waals surface area contributed by atoms with E-state index in [1.54, 1.807) is 0 Å². The lowest BCUT2D eigenvalue weighted by Crippen LogP contribution is -2.60. The highest BCUT2D eigenvalue weighted by molar-refractivity contribution is 7.98. The molecule has 7 atom stereocenters. The number of carbonyl (C=O) groups is 8. The summed E-state index contributed by atoms with van der Waals surface area (Å²) in [6, 6.07) is -7.29. The van der Waals surface area contributed by atoms with Gasteiger partial charge in [0.05, 0.1) is 12.6 Å². The van der Waals surface area contributed by atoms with Crippen molar-refractivity contribution in [2.75, 3.05) is 43.7 Å². The van der Waals surface area contributed by atoms with Crippen LogP contribution in [0.15, 0.2) is 4.99 Å². The summed E-state index contributed by atoms with van der Waals surface area (Å²) in [5.74, 6) is -4.66. The summed E-state index contributed by atoms with van der Waals surface area (Å²) in [7, 11) is 0. The molecule has 21 nitrogen and oxygen atoms in total. The highest BCUT2D eigenvalue weighted by Crippen LogP contribution is 2.12. The van der Waals surface area contributed by atoms with E-state index in [2.05, 4.69) is 42.2 Å². The summed E-state index contributed by atoms with van der Waals surface area (Å²) in [5.41, 5.74) is 16.4. The molecule has 0 radical (unpaired) electrons. The maximum atomic E-state index is 13.8. The number of hydrogen-bond acceptors (Lipinski definition) is 13. The molecule has 350 valence electrons. The van der Waals surface area contributed by atoms with Gasteiger partial charge in [-0.05, 0) is 93.8 Å². The number of carboxylic acids is 1. The highest BCUT2D eigenvalue weighted by Gasteiger charge is 2.34. The zero-order valence-corrected chi connectivity index (χ0v) is 38.2. The normalized spacial score (nSPS) is 16.3. The van der Waals surface area contributed by atoms with Crippen molar-refractivity contribution >= 4 is 76.8 Å². The van der Waals surface area contributed by atoms with Gasteiger partial charge in [-0.3, -0.25) is 43.3 Å². The van der Waals surface area contributed by atoms with Crippen LogP contribution in [0.1, 0.15) is 86.0 Å². The largest absolute Gasteiger partial charge is 0.481 e. The van der Waals surface area contributed by atoms with Crippen molar-refractivity contribution < 1.29 is 48.6 Å². The molecule has 0 aliphatic carbocycles. The second-order valence-electron chi connectivity index (χ2n) is 15.4. The fourth-order valence-electron chi connectivity index (χ4n) is 5.94. The Kier molecular flexibility index (Phi) is 29.2. The Hall–Kier alpha value is -4.35. The van der Waals surface area contributed by atoms with Crippen LogP contribution in [0.4, 0.5) is 0 Å². The topological polar surface area (TPSA) is 352 Å². The Bertz CT molecular complexity index is 1440. The standard InChI is InChI=1S/C36H67N11O8S2.C2H4O2/c1-20(2)17-26(29(37)49)45-31(51)23(10-8-14-41-36(38)39)42-34(54)27(18-21(3)4)46-32(52)24(11-15-56-5)44-35(55)28(19-48)47-33(53)25(12-16-57-6)43-30(50)22-9-7-13-40-22;1-2(3)4/h20-28,40,48H,7-19H2,1-6H3,(H2,37,49)(H,42,54)(H,43,50)(H,44,55)(H,45,51)(H,46,52)(H,47,53)(H4,38,39,41);1H3,(H,3,4)/t22-,23-,24-,25-,26-,27-,28-;/m0./s1. The van der Waals surface area contributed by atoms with Gasteiger partial charge in [-0.25, -0.2) is 0 Å². The van der Waals surface area contributed by atoms with Crippen LogP contribution in [0.25, 0.3) is 0 Å². The smallest absolute Gasteiger partial charge is 0.300 e. The summed E-state index contributed by atoms with van der Waals surface area (Å²) in [5, 5.41) is 36.6. The maximum Gasteiger partial charge on any atom is 0.300 e. The van der Waals surface area contributed by atoms with E-state index in [9.17, 15) is 38.7 Å². The molecule has 1 aliphatic heterocycles. The summed E-state index contributed by atoms with van der Waals surface area (Å²) in [6.07, 6.45) is 6.38. The number of nitrogens with one attached hydrogen (secondary N) is 7. The van der Waals surface area contributed by atoms with Crippen LogP contribution in [0.3, 0.4) is 0 Å². The molecule has 0 unspecified atom stereocenters. The van der Waals surface area contributed by atoms with E-state index in [0.717, 1.165) is 13.3 Å². The van der Waals surface area contributed by atoms with Crippen molar-refractivity contribution in [3.05, 3.63) is 0 Å². The number of rotatable bonds is 28. The molecule has 7 amide bonds. The molecule has 1 aliphatic rings. The highest BCUT2D eigenvalue weighted by atomic mass is 32.2. The minimum atomic E-state index is -1.45. The molecule has 1 heterocycles. The number of aliphatic hydroxyl groups is 1. The van der Waals surface area contributed by atoms with Gasteiger partial charge in [0.2, 0.25) is 41.4 Å². The second kappa shape index (κ2) is 31.5. The number of aliphatic hydroxyl groups excluding tert-OH is 1. The minimum Gasteiger partial charge on any atom is -0.481 e. The molecular formula is C38H71N11O10S2. The summed E-state index contributed by atoms with van der Waals surface area (Å²) >= 11 is 2.90. The lowest BCUT2D eigenvalue weighted by atomic mass is 10.0. The molecule has 0 spiro atoms. The Labute approximate surface area is 367 Å². The van der Waals surface area contributed by atoms with E-state index in [1.807, 2.05) is 40.2 Å². The van der Waals surface area contributed by atoms with E-state index in [-0.39, 0.29) is 68.8 Å². The maximum absolute atomic E-state index is 13.8. The van der Waals surface area contributed by atoms with Crippen LogP contribution in [0, 0.1) is 11.8 Å². The molecule has 0 aromatic rings. The van der Waals surface area contributed by atoms with Crippen molar-refractivity contribution in [2.24, 2.45) is 34.0 Å². The zero-order chi connectivity index (χ0) is 46.7. The number of primary amides is 1. The van der Waals surface area contributed by atoms with Crippen molar-refractivity contribution in [3.63, 3.8) is 0 Å². The molecule has 0 bridgehead atoms. The first-order valence-corrected chi connectivity index (χ1v) is 23.1. The fraction of sp³-hybridized carbons (Fsp3) is 0.763. The fourth-order valence-corrected chi connectivity index (χ4v) is 6.88. The van der Waals surface area contributed by atoms with Crippen LogP contribution in [-0.2, 0) is 38.4 Å². The van der Waals surface area contributed by atoms with Gasteiger partial charge in [0, 0.05) is 13.5 Å². The number of thioether (sulfide) groups is 2. The monoisotopic (exact) mass is 905 g/mol. The van der Waals surface area contributed by atoms with Crippen molar-refractivity contribution in [1.29, 1.82) is 0 Å². The van der Waals surface area contributed by atoms with E-state index < -0.39 is 90.3 Å². The number of aliphatic imine (C=N–C) groups is 1. The summed E-state index contributed by atoms with van der Waals surface area (Å²) in [6.45, 7) is 8.57. The number of hydrogen-bond donors (Lipinski definition) is 12. The first-order valence-electron chi connectivity index (χ1n) is 20.4. The quantitative estimate of drug-likeness (QED) is 0.0227. The third-order valence-corrected chi connectivity index (χ3v) is 10.3. The lowest BCUT2D eigenvalue weighted by molar-refractivity contribution is -0.136. The van der Waals surface area contributed by atoms with Crippen LogP contribution in [0.5, 0.6) is 0 Å². The van der Waals surface area contributed by atoms with Crippen molar-refractivity contribution in [2.45, 2.75) is 128 Å². The molecule has 1 fully saturated rings. The molecule has 0 aromatic heterocycles. The van der Waals surface area contributed by atoms with Crippen LogP contribution in [-0.4, -0.2) is 149 Å². The minimum absolute atomic E-state index is 0.0282. The SMILES string of the molecule is CC(=O)O.CSCC[C@H](NC(=O)[C@@H]1CCCN1)C(=O)N[C@@H](CO)C(=O)N[C@@H](CCSC)C(=O)N[C@@H](CC(C)C)C(=O)N[C@@H](CCCN=C(N)N)C(=O)N[C@@H](CC(C)C)C(N)=O. The van der Waals surface area contributed by atoms with E-state index in [1.165, 1.54) is 23.5 Å². The van der Waals surface area contributed by atoms with Gasteiger partial charge in [-0.15, -0.1) is 0 Å². The van der Waals surface area contributed by atoms with Crippen LogP contribution >= 0.6 is 23.5 Å². The predicted octanol–water partition coefficient (Wildman–Crippen LogP) is -2.13. The Morgan fingerprint density at radius 1 is 0.672 bits per heavy atom. The summed E-state index contributed by atoms with van der Waals surface area (Å²) < 4.78 is 0. The Morgan fingerprint density at radius 3 is 1.51 bits per heavy atom. The van der Waals surface area contributed by atoms with Crippen LogP contribution < -0.4 is 54.4 Å². The van der Waals surface area contributed by atoms with Crippen molar-refractivity contribution in [1.82, 2.24) is 37.2 Å². The molecule has 0 saturated carbocycles. The average molecular weight is 906 g/mol. The van der Waals surface area contributed by atoms with E-state index in [0.29, 0.717) is 24.5 Å². The number of nitrogens with zero attached hydrogens (tertiary/aromatic N) is 1. The average Bonchev–Trinajstić information content (AvgIpc) is 3.72. The van der Waals surface area contributed by atoms with Crippen molar-refractivity contribution in [3.8, 4) is 0 Å². The van der Waals surface area contributed by atoms with E-state index >= 15 is 0 Å². The van der Waals surface area contributed by atoms with Gasteiger partial charge in [0.15, 0.2) is 5.96 Å². The number of aliphatic carboxylic acids is 1. The molecule has 0 aromatic carbocycles. The van der Waals surface area contributed by atoms with Crippen LogP contribution in [0.2, 0.25) is 0 Å². The zero-order valence-electron chi connectivity index (χ0n) is 36.5. The Balaban J connectivity index is 0.00000858. The van der Waals surface area contributed by atoms with Gasteiger partial charge < -0.3 is 64.6 Å². The molecule has 61 heavy (non-hydrogen) atoms. The van der Waals surface area contributed by atoms with Gasteiger partial charge in [0.25, 0.3) is 5.97 Å². The number of carbonyl (C=O) groups excluding carboxylic acids is 7.